The predicted molar refractivity (Wildman–Crippen MR) is 115 cm³/mol. The van der Waals surface area contributed by atoms with Crippen LogP contribution in [0.4, 0.5) is 13.2 Å². The van der Waals surface area contributed by atoms with Crippen LogP contribution in [0.15, 0.2) is 78.9 Å². The molecule has 4 rings (SSSR count). The van der Waals surface area contributed by atoms with E-state index in [1.165, 1.54) is 28.9 Å². The summed E-state index contributed by atoms with van der Waals surface area (Å²) in [6, 6.07) is 21.5. The fourth-order valence-electron chi connectivity index (χ4n) is 3.31. The molecule has 2 N–H and O–H groups in total. The number of hydrogen-bond donors (Lipinski definition) is 1. The molecule has 3 aromatic carbocycles. The number of hydrogen-bond acceptors (Lipinski definition) is 3. The van der Waals surface area contributed by atoms with Crippen molar-refractivity contribution in [3.05, 3.63) is 90.1 Å². The zero-order chi connectivity index (χ0) is 22.9. The van der Waals surface area contributed by atoms with Crippen LogP contribution in [0.25, 0.3) is 28.1 Å². The van der Waals surface area contributed by atoms with Crippen molar-refractivity contribution in [2.24, 2.45) is 5.73 Å². The minimum absolute atomic E-state index is 0.252. The lowest BCUT2D eigenvalue weighted by molar-refractivity contribution is -0.141. The Morgan fingerprint density at radius 2 is 1.41 bits per heavy atom. The third kappa shape index (κ3) is 4.20. The molecular formula is C24H18F3N3O2. The van der Waals surface area contributed by atoms with Crippen LogP contribution in [0.2, 0.25) is 0 Å². The maximum absolute atomic E-state index is 13.4. The van der Waals surface area contributed by atoms with Crippen molar-refractivity contribution < 1.29 is 22.7 Å². The summed E-state index contributed by atoms with van der Waals surface area (Å²) >= 11 is 0. The normalized spacial score (nSPS) is 11.4. The van der Waals surface area contributed by atoms with Gasteiger partial charge in [0, 0.05) is 11.1 Å². The smallest absolute Gasteiger partial charge is 0.435 e. The number of amides is 1. The van der Waals surface area contributed by atoms with Crippen LogP contribution in [0, 0.1) is 0 Å². The fourth-order valence-corrected chi connectivity index (χ4v) is 3.31. The van der Waals surface area contributed by atoms with Gasteiger partial charge in [-0.05, 0) is 53.6 Å². The summed E-state index contributed by atoms with van der Waals surface area (Å²) in [7, 11) is 1.59. The first kappa shape index (κ1) is 21.2. The third-order valence-corrected chi connectivity index (χ3v) is 5.00. The summed E-state index contributed by atoms with van der Waals surface area (Å²) in [6.45, 7) is 0. The Morgan fingerprint density at radius 3 is 1.91 bits per heavy atom. The van der Waals surface area contributed by atoms with E-state index >= 15 is 0 Å². The van der Waals surface area contributed by atoms with Gasteiger partial charge in [-0.25, -0.2) is 4.68 Å². The number of halogens is 3. The number of primary amides is 1. The summed E-state index contributed by atoms with van der Waals surface area (Å²) in [5.41, 5.74) is 7.55. The first-order valence-electron chi connectivity index (χ1n) is 9.58. The van der Waals surface area contributed by atoms with E-state index in [-0.39, 0.29) is 11.3 Å². The van der Waals surface area contributed by atoms with Crippen molar-refractivity contribution in [2.45, 2.75) is 6.18 Å². The molecule has 8 heteroatoms. The van der Waals surface area contributed by atoms with Crippen molar-refractivity contribution in [3.63, 3.8) is 0 Å². The number of benzene rings is 3. The Morgan fingerprint density at radius 1 is 0.875 bits per heavy atom. The van der Waals surface area contributed by atoms with E-state index < -0.39 is 17.8 Å². The Hall–Kier alpha value is -4.07. The summed E-state index contributed by atoms with van der Waals surface area (Å²) < 4.78 is 46.5. The lowest BCUT2D eigenvalue weighted by Gasteiger charge is -2.09. The SMILES string of the molecule is COc1ccc(-c2ccc(-c3cc(C(F)(F)F)nn3-c3ccc(C(N)=O)cc3)cc2)cc1. The molecule has 0 unspecified atom stereocenters. The second kappa shape index (κ2) is 8.22. The average molecular weight is 437 g/mol. The van der Waals surface area contributed by atoms with Crippen molar-refractivity contribution in [1.29, 1.82) is 0 Å². The molecule has 5 nitrogen and oxygen atoms in total. The van der Waals surface area contributed by atoms with Gasteiger partial charge in [0.05, 0.1) is 18.5 Å². The number of carbonyl (C=O) groups is 1. The second-order valence-electron chi connectivity index (χ2n) is 7.04. The van der Waals surface area contributed by atoms with Gasteiger partial charge < -0.3 is 10.5 Å². The minimum atomic E-state index is -4.60. The molecule has 0 spiro atoms. The van der Waals surface area contributed by atoms with Crippen molar-refractivity contribution in [1.82, 2.24) is 9.78 Å². The van der Waals surface area contributed by atoms with Crippen molar-refractivity contribution in [3.8, 4) is 33.8 Å². The van der Waals surface area contributed by atoms with E-state index in [4.69, 9.17) is 10.5 Å². The highest BCUT2D eigenvalue weighted by atomic mass is 19.4. The molecule has 1 amide bonds. The topological polar surface area (TPSA) is 70.1 Å². The summed E-state index contributed by atoms with van der Waals surface area (Å²) in [5, 5.41) is 3.76. The van der Waals surface area contributed by atoms with Gasteiger partial charge in [0.15, 0.2) is 5.69 Å². The number of ether oxygens (including phenoxy) is 1. The van der Waals surface area contributed by atoms with Crippen LogP contribution in [0.3, 0.4) is 0 Å². The molecule has 0 saturated heterocycles. The molecule has 32 heavy (non-hydrogen) atoms. The Bertz CT molecular complexity index is 1240. The molecule has 1 heterocycles. The molecule has 0 bridgehead atoms. The van der Waals surface area contributed by atoms with E-state index in [1.807, 2.05) is 36.4 Å². The lowest BCUT2D eigenvalue weighted by atomic mass is 10.0. The lowest BCUT2D eigenvalue weighted by Crippen LogP contribution is -2.11. The monoisotopic (exact) mass is 437 g/mol. The standard InChI is InChI=1S/C24H18F3N3O2/c1-32-20-12-8-16(9-13-20)15-2-4-17(5-3-15)21-14-22(24(25,26)27)29-30(21)19-10-6-18(7-11-19)23(28)31/h2-14H,1H3,(H2,28,31). The van der Waals surface area contributed by atoms with Gasteiger partial charge >= 0.3 is 6.18 Å². The highest BCUT2D eigenvalue weighted by molar-refractivity contribution is 5.92. The molecule has 0 fully saturated rings. The second-order valence-corrected chi connectivity index (χ2v) is 7.04. The fraction of sp³-hybridized carbons (Fsp3) is 0.0833. The van der Waals surface area contributed by atoms with Crippen molar-refractivity contribution >= 4 is 5.91 Å². The maximum Gasteiger partial charge on any atom is 0.435 e. The average Bonchev–Trinajstić information content (AvgIpc) is 3.25. The number of nitrogens with zero attached hydrogens (tertiary/aromatic N) is 2. The molecule has 4 aromatic rings. The van der Waals surface area contributed by atoms with Gasteiger partial charge in [-0.3, -0.25) is 4.79 Å². The Kier molecular flexibility index (Phi) is 5.44. The highest BCUT2D eigenvalue weighted by Gasteiger charge is 2.35. The Balaban J connectivity index is 1.74. The number of alkyl halides is 3. The van der Waals surface area contributed by atoms with Gasteiger partial charge in [0.25, 0.3) is 0 Å². The molecule has 0 saturated carbocycles. The quantitative estimate of drug-likeness (QED) is 0.459. The molecule has 0 atom stereocenters. The van der Waals surface area contributed by atoms with Crippen LogP contribution in [0.5, 0.6) is 5.75 Å². The first-order chi connectivity index (χ1) is 15.3. The van der Waals surface area contributed by atoms with Crippen LogP contribution in [-0.4, -0.2) is 22.8 Å². The molecular weight excluding hydrogens is 419 g/mol. The van der Waals surface area contributed by atoms with E-state index in [1.54, 1.807) is 19.2 Å². The summed E-state index contributed by atoms with van der Waals surface area (Å²) in [5.74, 6) is 0.110. The van der Waals surface area contributed by atoms with Crippen molar-refractivity contribution in [2.75, 3.05) is 7.11 Å². The molecule has 162 valence electrons. The zero-order valence-corrected chi connectivity index (χ0v) is 16.9. The predicted octanol–water partition coefficient (Wildman–Crippen LogP) is 5.33. The Labute approximate surface area is 181 Å². The molecule has 0 aliphatic carbocycles. The molecule has 1 aromatic heterocycles. The van der Waals surface area contributed by atoms with Crippen LogP contribution in [-0.2, 0) is 6.18 Å². The summed E-state index contributed by atoms with van der Waals surface area (Å²) in [4.78, 5) is 11.3. The maximum atomic E-state index is 13.4. The summed E-state index contributed by atoms with van der Waals surface area (Å²) in [6.07, 6.45) is -4.60. The van der Waals surface area contributed by atoms with Crippen LogP contribution < -0.4 is 10.5 Å². The number of carbonyl (C=O) groups excluding carboxylic acids is 1. The molecule has 0 aliphatic heterocycles. The van der Waals surface area contributed by atoms with Gasteiger partial charge in [-0.2, -0.15) is 18.3 Å². The van der Waals surface area contributed by atoms with Gasteiger partial charge in [0.2, 0.25) is 5.91 Å². The first-order valence-corrected chi connectivity index (χ1v) is 9.58. The van der Waals surface area contributed by atoms with E-state index in [9.17, 15) is 18.0 Å². The minimum Gasteiger partial charge on any atom is -0.497 e. The van der Waals surface area contributed by atoms with Gasteiger partial charge in [-0.1, -0.05) is 36.4 Å². The number of aromatic nitrogens is 2. The zero-order valence-electron chi connectivity index (χ0n) is 16.9. The largest absolute Gasteiger partial charge is 0.497 e. The van der Waals surface area contributed by atoms with Gasteiger partial charge in [0.1, 0.15) is 5.75 Å². The van der Waals surface area contributed by atoms with Gasteiger partial charge in [-0.15, -0.1) is 0 Å². The van der Waals surface area contributed by atoms with Crippen LogP contribution >= 0.6 is 0 Å². The number of rotatable bonds is 5. The highest BCUT2D eigenvalue weighted by Crippen LogP contribution is 2.34. The van der Waals surface area contributed by atoms with E-state index in [0.29, 0.717) is 11.3 Å². The third-order valence-electron chi connectivity index (χ3n) is 5.00. The van der Waals surface area contributed by atoms with E-state index in [0.717, 1.165) is 22.9 Å². The molecule has 0 radical (unpaired) electrons. The molecule has 0 aliphatic rings. The van der Waals surface area contributed by atoms with Crippen LogP contribution in [0.1, 0.15) is 16.1 Å². The number of methoxy groups -OCH3 is 1. The number of nitrogens with two attached hydrogens (primary N) is 1. The van der Waals surface area contributed by atoms with E-state index in [2.05, 4.69) is 5.10 Å².